The summed E-state index contributed by atoms with van der Waals surface area (Å²) in [6, 6.07) is 6.23. The molecule has 0 saturated carbocycles. The van der Waals surface area contributed by atoms with Gasteiger partial charge in [0.05, 0.1) is 7.11 Å². The summed E-state index contributed by atoms with van der Waals surface area (Å²) in [6.07, 6.45) is 0.791. The van der Waals surface area contributed by atoms with E-state index in [0.29, 0.717) is 6.04 Å². The number of hydrogen-bond acceptors (Lipinski definition) is 4. The molecule has 0 amide bonds. The third-order valence-corrected chi connectivity index (χ3v) is 4.92. The number of ether oxygens (including phenoxy) is 1. The molecule has 1 aliphatic heterocycles. The van der Waals surface area contributed by atoms with E-state index in [0.717, 1.165) is 35.1 Å². The number of nitrogens with zero attached hydrogens (tertiary/aromatic N) is 1. The zero-order valence-electron chi connectivity index (χ0n) is 11.4. The summed E-state index contributed by atoms with van der Waals surface area (Å²) in [5.74, 6) is 3.16. The normalized spacial score (nSPS) is 22.2. The van der Waals surface area contributed by atoms with Crippen LogP contribution in [0.15, 0.2) is 18.2 Å². The lowest BCUT2D eigenvalue weighted by Gasteiger charge is -2.36. The first-order valence-electron chi connectivity index (χ1n) is 6.48. The van der Waals surface area contributed by atoms with E-state index in [1.807, 2.05) is 30.0 Å². The summed E-state index contributed by atoms with van der Waals surface area (Å²) in [5, 5.41) is 0.731. The van der Waals surface area contributed by atoms with Gasteiger partial charge in [-0.2, -0.15) is 11.8 Å². The van der Waals surface area contributed by atoms with Crippen molar-refractivity contribution in [1.82, 2.24) is 4.90 Å². The molecule has 1 heterocycles. The molecule has 1 aliphatic rings. The first-order valence-corrected chi connectivity index (χ1v) is 8.01. The average Bonchev–Trinajstić information content (AvgIpc) is 2.39. The smallest absolute Gasteiger partial charge is 0.122 e. The molecule has 0 aromatic heterocycles. The largest absolute Gasteiger partial charge is 0.496 e. The third-order valence-electron chi connectivity index (χ3n) is 3.64. The van der Waals surface area contributed by atoms with Gasteiger partial charge in [0, 0.05) is 35.2 Å². The number of rotatable bonds is 4. The van der Waals surface area contributed by atoms with Crippen LogP contribution in [0.3, 0.4) is 0 Å². The maximum Gasteiger partial charge on any atom is 0.122 e. The van der Waals surface area contributed by atoms with Gasteiger partial charge in [-0.1, -0.05) is 11.6 Å². The lowest BCUT2D eigenvalue weighted by atomic mass is 9.99. The number of hydrogen-bond donors (Lipinski definition) is 1. The van der Waals surface area contributed by atoms with Crippen LogP contribution >= 0.6 is 23.4 Å². The third kappa shape index (κ3) is 3.78. The molecule has 1 saturated heterocycles. The summed E-state index contributed by atoms with van der Waals surface area (Å²) in [7, 11) is 3.83. The standard InChI is InChI=1S/C14H21ClN2OS/c1-17-5-6-19-9-13(17)12(16)8-10-7-11(15)3-4-14(10)18-2/h3-4,7,12-13H,5-6,8-9,16H2,1-2H3. The fourth-order valence-corrected chi connectivity index (χ4v) is 3.97. The summed E-state index contributed by atoms with van der Waals surface area (Å²) >= 11 is 8.04. The number of benzene rings is 1. The Morgan fingerprint density at radius 1 is 1.58 bits per heavy atom. The van der Waals surface area contributed by atoms with Crippen molar-refractivity contribution < 1.29 is 4.74 Å². The fraction of sp³-hybridized carbons (Fsp3) is 0.571. The van der Waals surface area contributed by atoms with E-state index < -0.39 is 0 Å². The van der Waals surface area contributed by atoms with Crippen molar-refractivity contribution in [3.05, 3.63) is 28.8 Å². The molecule has 0 bridgehead atoms. The van der Waals surface area contributed by atoms with E-state index in [9.17, 15) is 0 Å². The van der Waals surface area contributed by atoms with Crippen LogP contribution in [-0.2, 0) is 6.42 Å². The van der Waals surface area contributed by atoms with E-state index in [4.69, 9.17) is 22.1 Å². The molecule has 19 heavy (non-hydrogen) atoms. The zero-order chi connectivity index (χ0) is 13.8. The van der Waals surface area contributed by atoms with Crippen LogP contribution < -0.4 is 10.5 Å². The Morgan fingerprint density at radius 3 is 3.05 bits per heavy atom. The Labute approximate surface area is 124 Å². The first-order chi connectivity index (χ1) is 9.11. The quantitative estimate of drug-likeness (QED) is 0.926. The molecule has 1 aromatic rings. The number of likely N-dealkylation sites (N-methyl/N-ethyl adjacent to an activating group) is 1. The van der Waals surface area contributed by atoms with Gasteiger partial charge in [-0.05, 0) is 37.2 Å². The molecular weight excluding hydrogens is 280 g/mol. The topological polar surface area (TPSA) is 38.5 Å². The van der Waals surface area contributed by atoms with Gasteiger partial charge >= 0.3 is 0 Å². The summed E-state index contributed by atoms with van der Waals surface area (Å²) in [6.45, 7) is 1.11. The lowest BCUT2D eigenvalue weighted by molar-refractivity contribution is 0.234. The molecule has 3 nitrogen and oxygen atoms in total. The highest BCUT2D eigenvalue weighted by Crippen LogP contribution is 2.26. The van der Waals surface area contributed by atoms with Gasteiger partial charge in [-0.15, -0.1) is 0 Å². The summed E-state index contributed by atoms with van der Waals surface area (Å²) in [4.78, 5) is 2.36. The fourth-order valence-electron chi connectivity index (χ4n) is 2.45. The van der Waals surface area contributed by atoms with Crippen molar-refractivity contribution in [3.8, 4) is 5.75 Å². The number of halogens is 1. The highest BCUT2D eigenvalue weighted by Gasteiger charge is 2.26. The van der Waals surface area contributed by atoms with E-state index >= 15 is 0 Å². The predicted molar refractivity (Wildman–Crippen MR) is 83.4 cm³/mol. The minimum absolute atomic E-state index is 0.102. The van der Waals surface area contributed by atoms with Crippen LogP contribution in [0.25, 0.3) is 0 Å². The Kier molecular flexibility index (Phi) is 5.39. The molecule has 1 aromatic carbocycles. The van der Waals surface area contributed by atoms with Gasteiger partial charge in [0.1, 0.15) is 5.75 Å². The molecule has 2 N–H and O–H groups in total. The minimum atomic E-state index is 0.102. The number of nitrogens with two attached hydrogens (primary N) is 1. The monoisotopic (exact) mass is 300 g/mol. The van der Waals surface area contributed by atoms with Gasteiger partial charge < -0.3 is 15.4 Å². The Bertz CT molecular complexity index is 430. The number of methoxy groups -OCH3 is 1. The van der Waals surface area contributed by atoms with Crippen molar-refractivity contribution >= 4 is 23.4 Å². The van der Waals surface area contributed by atoms with Gasteiger partial charge in [0.2, 0.25) is 0 Å². The highest BCUT2D eigenvalue weighted by atomic mass is 35.5. The van der Waals surface area contributed by atoms with Gasteiger partial charge in [-0.3, -0.25) is 0 Å². The van der Waals surface area contributed by atoms with Crippen molar-refractivity contribution in [2.75, 3.05) is 32.2 Å². The zero-order valence-corrected chi connectivity index (χ0v) is 13.0. The van der Waals surface area contributed by atoms with Crippen LogP contribution in [0.2, 0.25) is 5.02 Å². The maximum atomic E-state index is 6.39. The van der Waals surface area contributed by atoms with E-state index in [2.05, 4.69) is 11.9 Å². The van der Waals surface area contributed by atoms with E-state index in [1.165, 1.54) is 5.75 Å². The van der Waals surface area contributed by atoms with Crippen molar-refractivity contribution in [1.29, 1.82) is 0 Å². The van der Waals surface area contributed by atoms with Crippen LogP contribution in [0, 0.1) is 0 Å². The molecule has 0 radical (unpaired) electrons. The Balaban J connectivity index is 2.09. The summed E-state index contributed by atoms with van der Waals surface area (Å²) in [5.41, 5.74) is 7.48. The molecular formula is C14H21ClN2OS. The maximum absolute atomic E-state index is 6.39. The van der Waals surface area contributed by atoms with Crippen LogP contribution in [0.5, 0.6) is 5.75 Å². The molecule has 1 fully saturated rings. The molecule has 0 aliphatic carbocycles. The van der Waals surface area contributed by atoms with Gasteiger partial charge in [0.15, 0.2) is 0 Å². The van der Waals surface area contributed by atoms with Crippen LogP contribution in [0.1, 0.15) is 5.56 Å². The molecule has 2 atom stereocenters. The predicted octanol–water partition coefficient (Wildman–Crippen LogP) is 2.27. The Morgan fingerprint density at radius 2 is 2.37 bits per heavy atom. The minimum Gasteiger partial charge on any atom is -0.496 e. The molecule has 2 rings (SSSR count). The highest BCUT2D eigenvalue weighted by molar-refractivity contribution is 7.99. The molecule has 106 valence electrons. The number of thioether (sulfide) groups is 1. The second-order valence-electron chi connectivity index (χ2n) is 4.95. The van der Waals surface area contributed by atoms with Gasteiger partial charge in [-0.25, -0.2) is 0 Å². The first kappa shape index (κ1) is 15.0. The molecule has 0 spiro atoms. The van der Waals surface area contributed by atoms with E-state index in [-0.39, 0.29) is 6.04 Å². The van der Waals surface area contributed by atoms with Crippen molar-refractivity contribution in [3.63, 3.8) is 0 Å². The second kappa shape index (κ2) is 6.84. The molecule has 5 heteroatoms. The molecule has 2 unspecified atom stereocenters. The van der Waals surface area contributed by atoms with Crippen LogP contribution in [0.4, 0.5) is 0 Å². The van der Waals surface area contributed by atoms with Gasteiger partial charge in [0.25, 0.3) is 0 Å². The van der Waals surface area contributed by atoms with Crippen LogP contribution in [-0.4, -0.2) is 49.2 Å². The summed E-state index contributed by atoms with van der Waals surface area (Å²) < 4.78 is 5.38. The van der Waals surface area contributed by atoms with Crippen molar-refractivity contribution in [2.45, 2.75) is 18.5 Å². The van der Waals surface area contributed by atoms with Crippen molar-refractivity contribution in [2.24, 2.45) is 5.73 Å². The SMILES string of the molecule is COc1ccc(Cl)cc1CC(N)C1CSCCN1C. The second-order valence-corrected chi connectivity index (χ2v) is 6.53. The Hall–Kier alpha value is -0.420. The average molecular weight is 301 g/mol. The van der Waals surface area contributed by atoms with E-state index in [1.54, 1.807) is 7.11 Å². The lowest BCUT2D eigenvalue weighted by Crippen LogP contribution is -2.51.